The van der Waals surface area contributed by atoms with Crippen LogP contribution in [0.4, 0.5) is 0 Å². The molecular formula is C16H25NO2S. The van der Waals surface area contributed by atoms with E-state index in [1.807, 2.05) is 13.0 Å². The van der Waals surface area contributed by atoms with Crippen molar-refractivity contribution >= 4 is 17.2 Å². The van der Waals surface area contributed by atoms with Crippen molar-refractivity contribution in [3.63, 3.8) is 0 Å². The molecule has 0 aliphatic heterocycles. The summed E-state index contributed by atoms with van der Waals surface area (Å²) in [6.07, 6.45) is 7.08. The predicted octanol–water partition coefficient (Wildman–Crippen LogP) is 3.43. The summed E-state index contributed by atoms with van der Waals surface area (Å²) in [6.45, 7) is 4.53. The third-order valence-electron chi connectivity index (χ3n) is 4.18. The molecule has 0 radical (unpaired) electrons. The molecule has 20 heavy (non-hydrogen) atoms. The zero-order valence-electron chi connectivity index (χ0n) is 12.5. The molecule has 2 rings (SSSR count). The number of nitrogens with one attached hydrogen (secondary N) is 1. The van der Waals surface area contributed by atoms with Crippen molar-refractivity contribution in [3.8, 4) is 0 Å². The first-order chi connectivity index (χ1) is 9.54. The molecule has 1 aliphatic rings. The number of hydrogen-bond acceptors (Lipinski definition) is 3. The Morgan fingerprint density at radius 2 is 2.00 bits per heavy atom. The average molecular weight is 295 g/mol. The summed E-state index contributed by atoms with van der Waals surface area (Å²) in [5, 5.41) is 13.5. The molecule has 4 heteroatoms. The number of carbonyl (C=O) groups excluding carboxylic acids is 1. The number of thiophene rings is 1. The molecule has 112 valence electrons. The van der Waals surface area contributed by atoms with Crippen LogP contribution in [0, 0.1) is 6.92 Å². The summed E-state index contributed by atoms with van der Waals surface area (Å²) in [6, 6.07) is 1.95. The van der Waals surface area contributed by atoms with E-state index in [0.29, 0.717) is 6.54 Å². The second-order valence-corrected chi connectivity index (χ2v) is 7.03. The number of aliphatic hydroxyl groups is 1. The monoisotopic (exact) mass is 295 g/mol. The molecule has 0 aromatic carbocycles. The Morgan fingerprint density at radius 1 is 1.35 bits per heavy atom. The molecule has 3 nitrogen and oxygen atoms in total. The van der Waals surface area contributed by atoms with E-state index in [2.05, 4.69) is 12.2 Å². The van der Waals surface area contributed by atoms with Gasteiger partial charge in [0.15, 0.2) is 0 Å². The number of carbonyl (C=O) groups is 1. The van der Waals surface area contributed by atoms with Crippen LogP contribution in [-0.4, -0.2) is 23.2 Å². The van der Waals surface area contributed by atoms with Crippen LogP contribution in [0.2, 0.25) is 0 Å². The lowest BCUT2D eigenvalue weighted by atomic mass is 9.94. The predicted molar refractivity (Wildman–Crippen MR) is 83.4 cm³/mol. The minimum atomic E-state index is -0.702. The Labute approximate surface area is 125 Å². The summed E-state index contributed by atoms with van der Waals surface area (Å²) in [7, 11) is 0. The van der Waals surface area contributed by atoms with E-state index in [1.54, 1.807) is 11.3 Å². The molecule has 1 aliphatic carbocycles. The Morgan fingerprint density at radius 3 is 2.55 bits per heavy atom. The second kappa shape index (κ2) is 6.72. The van der Waals surface area contributed by atoms with E-state index in [4.69, 9.17) is 0 Å². The molecule has 0 bridgehead atoms. The molecule has 1 heterocycles. The van der Waals surface area contributed by atoms with Gasteiger partial charge in [0.1, 0.15) is 0 Å². The van der Waals surface area contributed by atoms with Crippen molar-refractivity contribution in [3.05, 3.63) is 21.4 Å². The molecule has 1 saturated carbocycles. The summed E-state index contributed by atoms with van der Waals surface area (Å²) >= 11 is 1.56. The van der Waals surface area contributed by atoms with Crippen molar-refractivity contribution in [2.45, 2.75) is 64.4 Å². The highest BCUT2D eigenvalue weighted by molar-refractivity contribution is 7.14. The van der Waals surface area contributed by atoms with Gasteiger partial charge < -0.3 is 10.4 Å². The quantitative estimate of drug-likeness (QED) is 0.836. The Kier molecular flexibility index (Phi) is 5.22. The molecule has 0 unspecified atom stereocenters. The van der Waals surface area contributed by atoms with Gasteiger partial charge in [-0.15, -0.1) is 11.3 Å². The van der Waals surface area contributed by atoms with Gasteiger partial charge in [-0.05, 0) is 37.8 Å². The number of hydrogen-bond donors (Lipinski definition) is 2. The molecule has 1 aromatic heterocycles. The van der Waals surface area contributed by atoms with Crippen molar-refractivity contribution in [2.75, 3.05) is 6.54 Å². The van der Waals surface area contributed by atoms with Crippen molar-refractivity contribution in [1.29, 1.82) is 0 Å². The number of amides is 1. The molecule has 0 saturated heterocycles. The first-order valence-corrected chi connectivity index (χ1v) is 8.45. The zero-order valence-corrected chi connectivity index (χ0v) is 13.3. The molecule has 0 spiro atoms. The third kappa shape index (κ3) is 3.83. The Balaban J connectivity index is 1.93. The second-order valence-electron chi connectivity index (χ2n) is 5.89. The lowest BCUT2D eigenvalue weighted by molar-refractivity contribution is 0.0247. The third-order valence-corrected chi connectivity index (χ3v) is 5.56. The van der Waals surface area contributed by atoms with Crippen LogP contribution in [-0.2, 0) is 6.42 Å². The summed E-state index contributed by atoms with van der Waals surface area (Å²) < 4.78 is 0. The Hall–Kier alpha value is -0.870. The number of rotatable bonds is 4. The zero-order chi connectivity index (χ0) is 14.6. The highest BCUT2D eigenvalue weighted by atomic mass is 32.1. The van der Waals surface area contributed by atoms with Crippen LogP contribution in [0.5, 0.6) is 0 Å². The fourth-order valence-electron chi connectivity index (χ4n) is 2.88. The fraction of sp³-hybridized carbons (Fsp3) is 0.688. The lowest BCUT2D eigenvalue weighted by Crippen LogP contribution is -2.42. The highest BCUT2D eigenvalue weighted by Gasteiger charge is 2.28. The molecule has 1 fully saturated rings. The van der Waals surface area contributed by atoms with Crippen LogP contribution < -0.4 is 5.32 Å². The first kappa shape index (κ1) is 15.5. The lowest BCUT2D eigenvalue weighted by Gasteiger charge is -2.26. The summed E-state index contributed by atoms with van der Waals surface area (Å²) in [5.74, 6) is -0.0459. The van der Waals surface area contributed by atoms with Crippen LogP contribution >= 0.6 is 11.3 Å². The topological polar surface area (TPSA) is 49.3 Å². The minimum Gasteiger partial charge on any atom is -0.388 e. The van der Waals surface area contributed by atoms with Gasteiger partial charge in [-0.1, -0.05) is 32.6 Å². The molecule has 1 aromatic rings. The van der Waals surface area contributed by atoms with Crippen LogP contribution in [0.3, 0.4) is 0 Å². The average Bonchev–Trinajstić information content (AvgIpc) is 2.67. The highest BCUT2D eigenvalue weighted by Crippen LogP contribution is 2.27. The molecule has 2 N–H and O–H groups in total. The number of aryl methyl sites for hydroxylation is 2. The van der Waals surface area contributed by atoms with Crippen molar-refractivity contribution in [2.24, 2.45) is 0 Å². The van der Waals surface area contributed by atoms with Gasteiger partial charge >= 0.3 is 0 Å². The van der Waals surface area contributed by atoms with E-state index in [-0.39, 0.29) is 5.91 Å². The molecule has 0 atom stereocenters. The van der Waals surface area contributed by atoms with Gasteiger partial charge in [0, 0.05) is 11.4 Å². The SMILES string of the molecule is CCc1sc(C(=O)NCC2(O)CCCCCC2)cc1C. The normalized spacial score (nSPS) is 18.6. The standard InChI is InChI=1S/C16H25NO2S/c1-3-13-12(2)10-14(20-13)15(18)17-11-16(19)8-6-4-5-7-9-16/h10,19H,3-9,11H2,1-2H3,(H,17,18). The Bertz CT molecular complexity index is 459. The van der Waals surface area contributed by atoms with Crippen molar-refractivity contribution in [1.82, 2.24) is 5.32 Å². The van der Waals surface area contributed by atoms with E-state index in [1.165, 1.54) is 23.3 Å². The van der Waals surface area contributed by atoms with Gasteiger partial charge in [0.05, 0.1) is 10.5 Å². The van der Waals surface area contributed by atoms with E-state index < -0.39 is 5.60 Å². The van der Waals surface area contributed by atoms with Crippen LogP contribution in [0.15, 0.2) is 6.07 Å². The summed E-state index contributed by atoms with van der Waals surface area (Å²) in [4.78, 5) is 14.2. The first-order valence-electron chi connectivity index (χ1n) is 7.64. The van der Waals surface area contributed by atoms with Crippen LogP contribution in [0.1, 0.15) is 65.6 Å². The van der Waals surface area contributed by atoms with Gasteiger partial charge in [-0.2, -0.15) is 0 Å². The van der Waals surface area contributed by atoms with Crippen molar-refractivity contribution < 1.29 is 9.90 Å². The maximum Gasteiger partial charge on any atom is 0.261 e. The van der Waals surface area contributed by atoms with Gasteiger partial charge in [-0.3, -0.25) is 4.79 Å². The van der Waals surface area contributed by atoms with Crippen LogP contribution in [0.25, 0.3) is 0 Å². The maximum absolute atomic E-state index is 12.2. The smallest absolute Gasteiger partial charge is 0.261 e. The van der Waals surface area contributed by atoms with Gasteiger partial charge in [0.25, 0.3) is 5.91 Å². The maximum atomic E-state index is 12.2. The summed E-state index contributed by atoms with van der Waals surface area (Å²) in [5.41, 5.74) is 0.488. The molecule has 1 amide bonds. The van der Waals surface area contributed by atoms with E-state index in [0.717, 1.165) is 37.0 Å². The fourth-order valence-corrected chi connectivity index (χ4v) is 3.91. The van der Waals surface area contributed by atoms with Gasteiger partial charge in [0.2, 0.25) is 0 Å². The molecular weight excluding hydrogens is 270 g/mol. The van der Waals surface area contributed by atoms with E-state index in [9.17, 15) is 9.90 Å². The largest absolute Gasteiger partial charge is 0.388 e. The minimum absolute atomic E-state index is 0.0459. The van der Waals surface area contributed by atoms with E-state index >= 15 is 0 Å². The van der Waals surface area contributed by atoms with Gasteiger partial charge in [-0.25, -0.2) is 0 Å².